The second-order valence-electron chi connectivity index (χ2n) is 5.49. The molecule has 0 saturated carbocycles. The molecule has 2 aromatic rings. The Morgan fingerprint density at radius 3 is 2.87 bits per heavy atom. The Morgan fingerprint density at radius 1 is 1.35 bits per heavy atom. The van der Waals surface area contributed by atoms with Crippen molar-refractivity contribution in [1.29, 1.82) is 0 Å². The zero-order chi connectivity index (χ0) is 16.4. The molecule has 1 unspecified atom stereocenters. The molecule has 1 aromatic heterocycles. The highest BCUT2D eigenvalue weighted by Gasteiger charge is 2.48. The van der Waals surface area contributed by atoms with Crippen molar-refractivity contribution in [2.75, 3.05) is 18.5 Å². The second-order valence-corrected chi connectivity index (χ2v) is 6.95. The molecule has 0 aliphatic carbocycles. The molecule has 0 bridgehead atoms. The van der Waals surface area contributed by atoms with E-state index in [-0.39, 0.29) is 11.8 Å². The van der Waals surface area contributed by atoms with Gasteiger partial charge in [-0.05, 0) is 25.1 Å². The Kier molecular flexibility index (Phi) is 4.12. The quantitative estimate of drug-likeness (QED) is 0.863. The molecule has 0 spiro atoms. The summed E-state index contributed by atoms with van der Waals surface area (Å²) in [6, 6.07) is 9.44. The lowest BCUT2D eigenvalue weighted by Crippen LogP contribution is -2.55. The summed E-state index contributed by atoms with van der Waals surface area (Å²) in [6.07, 6.45) is 3.52. The summed E-state index contributed by atoms with van der Waals surface area (Å²) in [6.45, 7) is 2.67. The standard InChI is InChI=1S/C16H18N4O2S/c1-16(14(21)17-9-11-20-10-5-8-18-20)15(22)19(2)12-6-3-4-7-13(12)23-16/h3-8,10H,9,11H2,1-2H3,(H,17,21). The molecular weight excluding hydrogens is 312 g/mol. The van der Waals surface area contributed by atoms with Crippen LogP contribution in [-0.2, 0) is 16.1 Å². The molecule has 2 heterocycles. The van der Waals surface area contributed by atoms with Crippen molar-refractivity contribution in [2.45, 2.75) is 23.1 Å². The number of carbonyl (C=O) groups is 2. The molecule has 6 nitrogen and oxygen atoms in total. The van der Waals surface area contributed by atoms with Crippen molar-refractivity contribution in [3.63, 3.8) is 0 Å². The Labute approximate surface area is 138 Å². The zero-order valence-electron chi connectivity index (χ0n) is 13.0. The highest BCUT2D eigenvalue weighted by molar-refractivity contribution is 8.02. The Bertz CT molecular complexity index is 731. The third-order valence-electron chi connectivity index (χ3n) is 3.87. The summed E-state index contributed by atoms with van der Waals surface area (Å²) >= 11 is 1.30. The SMILES string of the molecule is CN1C(=O)C(C)(C(=O)NCCn2cccn2)Sc2ccccc21. The van der Waals surface area contributed by atoms with Gasteiger partial charge in [-0.1, -0.05) is 23.9 Å². The first-order chi connectivity index (χ1) is 11.0. The van der Waals surface area contributed by atoms with Crippen LogP contribution >= 0.6 is 11.8 Å². The molecular formula is C16H18N4O2S. The van der Waals surface area contributed by atoms with E-state index in [2.05, 4.69) is 10.4 Å². The molecule has 0 radical (unpaired) electrons. The molecule has 1 aliphatic heterocycles. The minimum atomic E-state index is -1.16. The second kappa shape index (κ2) is 6.08. The summed E-state index contributed by atoms with van der Waals surface area (Å²) in [5.41, 5.74) is 0.837. The van der Waals surface area contributed by atoms with Gasteiger partial charge in [0.25, 0.3) is 5.91 Å². The molecule has 1 atom stereocenters. The molecule has 2 amide bonds. The number of hydrogen-bond acceptors (Lipinski definition) is 4. The van der Waals surface area contributed by atoms with E-state index in [9.17, 15) is 9.59 Å². The number of anilines is 1. The van der Waals surface area contributed by atoms with E-state index in [4.69, 9.17) is 0 Å². The first-order valence-corrected chi connectivity index (χ1v) is 8.16. The summed E-state index contributed by atoms with van der Waals surface area (Å²) < 4.78 is 0.576. The van der Waals surface area contributed by atoms with Crippen LogP contribution in [0.15, 0.2) is 47.6 Å². The predicted octanol–water partition coefficient (Wildman–Crippen LogP) is 1.53. The van der Waals surface area contributed by atoms with Crippen LogP contribution in [0.2, 0.25) is 0 Å². The van der Waals surface area contributed by atoms with Crippen LogP contribution in [-0.4, -0.2) is 39.9 Å². The van der Waals surface area contributed by atoms with Crippen LogP contribution in [0.5, 0.6) is 0 Å². The summed E-state index contributed by atoms with van der Waals surface area (Å²) in [5.74, 6) is -0.487. The Balaban J connectivity index is 1.73. The normalized spacial score (nSPS) is 20.3. The maximum absolute atomic E-state index is 12.7. The van der Waals surface area contributed by atoms with E-state index in [1.807, 2.05) is 36.5 Å². The van der Waals surface area contributed by atoms with Crippen molar-refractivity contribution in [1.82, 2.24) is 15.1 Å². The van der Waals surface area contributed by atoms with Crippen LogP contribution in [0.4, 0.5) is 5.69 Å². The zero-order valence-corrected chi connectivity index (χ0v) is 13.8. The highest BCUT2D eigenvalue weighted by atomic mass is 32.2. The molecule has 7 heteroatoms. The largest absolute Gasteiger partial charge is 0.353 e. The van der Waals surface area contributed by atoms with Crippen molar-refractivity contribution in [3.8, 4) is 0 Å². The Morgan fingerprint density at radius 2 is 2.13 bits per heavy atom. The van der Waals surface area contributed by atoms with Crippen molar-refractivity contribution >= 4 is 29.3 Å². The number of amides is 2. The number of hydrogen-bond donors (Lipinski definition) is 1. The van der Waals surface area contributed by atoms with Crippen molar-refractivity contribution < 1.29 is 9.59 Å². The van der Waals surface area contributed by atoms with Gasteiger partial charge >= 0.3 is 0 Å². The predicted molar refractivity (Wildman–Crippen MR) is 89.4 cm³/mol. The number of carbonyl (C=O) groups excluding carboxylic acids is 2. The number of benzene rings is 1. The summed E-state index contributed by atoms with van der Waals surface area (Å²) in [4.78, 5) is 27.8. The molecule has 1 aromatic carbocycles. The van der Waals surface area contributed by atoms with Gasteiger partial charge in [-0.3, -0.25) is 14.3 Å². The highest BCUT2D eigenvalue weighted by Crippen LogP contribution is 2.44. The molecule has 23 heavy (non-hydrogen) atoms. The van der Waals surface area contributed by atoms with E-state index in [0.717, 1.165) is 10.6 Å². The monoisotopic (exact) mass is 330 g/mol. The average Bonchev–Trinajstić information content (AvgIpc) is 3.06. The minimum Gasteiger partial charge on any atom is -0.353 e. The first-order valence-electron chi connectivity index (χ1n) is 7.34. The number of nitrogens with one attached hydrogen (secondary N) is 1. The third kappa shape index (κ3) is 2.84. The number of rotatable bonds is 4. The molecule has 120 valence electrons. The molecule has 0 saturated heterocycles. The number of fused-ring (bicyclic) bond motifs is 1. The maximum atomic E-state index is 12.7. The van der Waals surface area contributed by atoms with E-state index in [1.165, 1.54) is 11.8 Å². The van der Waals surface area contributed by atoms with E-state index in [1.54, 1.807) is 29.7 Å². The van der Waals surface area contributed by atoms with Gasteiger partial charge in [0.15, 0.2) is 4.75 Å². The average molecular weight is 330 g/mol. The smallest absolute Gasteiger partial charge is 0.252 e. The number of nitrogens with zero attached hydrogens (tertiary/aromatic N) is 3. The van der Waals surface area contributed by atoms with Crippen LogP contribution < -0.4 is 10.2 Å². The first kappa shape index (κ1) is 15.6. The van der Waals surface area contributed by atoms with Crippen LogP contribution in [0, 0.1) is 0 Å². The van der Waals surface area contributed by atoms with Gasteiger partial charge in [-0.2, -0.15) is 5.10 Å². The molecule has 0 fully saturated rings. The van der Waals surface area contributed by atoms with Crippen molar-refractivity contribution in [3.05, 3.63) is 42.7 Å². The summed E-state index contributed by atoms with van der Waals surface area (Å²) in [5, 5.41) is 6.93. The van der Waals surface area contributed by atoms with Gasteiger partial charge in [0.1, 0.15) is 0 Å². The minimum absolute atomic E-state index is 0.210. The van der Waals surface area contributed by atoms with Crippen molar-refractivity contribution in [2.24, 2.45) is 0 Å². The lowest BCUT2D eigenvalue weighted by atomic mass is 10.1. The van der Waals surface area contributed by atoms with Gasteiger partial charge in [-0.15, -0.1) is 0 Å². The van der Waals surface area contributed by atoms with E-state index in [0.29, 0.717) is 13.1 Å². The van der Waals surface area contributed by atoms with Gasteiger partial charge in [0, 0.05) is 30.9 Å². The number of para-hydroxylation sites is 1. The number of aromatic nitrogens is 2. The van der Waals surface area contributed by atoms with E-state index < -0.39 is 4.75 Å². The fourth-order valence-electron chi connectivity index (χ4n) is 2.54. The lowest BCUT2D eigenvalue weighted by molar-refractivity contribution is -0.131. The fraction of sp³-hybridized carbons (Fsp3) is 0.312. The van der Waals surface area contributed by atoms with Gasteiger partial charge in [0.05, 0.1) is 12.2 Å². The van der Waals surface area contributed by atoms with Crippen LogP contribution in [0.3, 0.4) is 0 Å². The molecule has 1 aliphatic rings. The topological polar surface area (TPSA) is 67.2 Å². The van der Waals surface area contributed by atoms with Crippen LogP contribution in [0.25, 0.3) is 0 Å². The fourth-order valence-corrected chi connectivity index (χ4v) is 3.83. The maximum Gasteiger partial charge on any atom is 0.252 e. The van der Waals surface area contributed by atoms with Gasteiger partial charge < -0.3 is 10.2 Å². The number of thioether (sulfide) groups is 1. The lowest BCUT2D eigenvalue weighted by Gasteiger charge is -2.36. The van der Waals surface area contributed by atoms with Gasteiger partial charge in [0.2, 0.25) is 5.91 Å². The molecule has 3 rings (SSSR count). The van der Waals surface area contributed by atoms with Crippen LogP contribution in [0.1, 0.15) is 6.92 Å². The summed E-state index contributed by atoms with van der Waals surface area (Å²) in [7, 11) is 1.70. The Hall–Kier alpha value is -2.28. The third-order valence-corrected chi connectivity index (χ3v) is 5.21. The molecule has 1 N–H and O–H groups in total. The van der Waals surface area contributed by atoms with E-state index >= 15 is 0 Å². The van der Waals surface area contributed by atoms with Gasteiger partial charge in [-0.25, -0.2) is 0 Å².